The smallest absolute Gasteiger partial charge is 0.329 e. The molecule has 1 aliphatic rings. The minimum atomic E-state index is -1.24. The zero-order valence-corrected chi connectivity index (χ0v) is 9.61. The van der Waals surface area contributed by atoms with Gasteiger partial charge in [0.2, 0.25) is 0 Å². The molecule has 1 N–H and O–H groups in total. The molecule has 1 aliphatic heterocycles. The van der Waals surface area contributed by atoms with E-state index < -0.39 is 23.3 Å². The Morgan fingerprint density at radius 2 is 2.07 bits per heavy atom. The van der Waals surface area contributed by atoms with Crippen LogP contribution in [0.4, 0.5) is 0 Å². The van der Waals surface area contributed by atoms with Gasteiger partial charge in [-0.25, -0.2) is 4.79 Å². The van der Waals surface area contributed by atoms with Crippen LogP contribution in [0, 0.1) is 0 Å². The van der Waals surface area contributed by atoms with Crippen molar-refractivity contribution < 1.29 is 19.8 Å². The van der Waals surface area contributed by atoms with Gasteiger partial charge in [0.1, 0.15) is 17.4 Å². The summed E-state index contributed by atoms with van der Waals surface area (Å²) in [7, 11) is 0. The van der Waals surface area contributed by atoms with E-state index in [2.05, 4.69) is 0 Å². The summed E-state index contributed by atoms with van der Waals surface area (Å²) in [5.41, 5.74) is -1.86. The summed E-state index contributed by atoms with van der Waals surface area (Å²) >= 11 is 0. The zero-order chi connectivity index (χ0) is 11.9. The number of esters is 1. The third-order valence-electron chi connectivity index (χ3n) is 2.49. The maximum Gasteiger partial charge on any atom is 0.329 e. The Hall–Kier alpha value is -0.650. The molecule has 0 aromatic rings. The maximum absolute atomic E-state index is 11.8. The van der Waals surface area contributed by atoms with Gasteiger partial charge in [-0.2, -0.15) is 0 Å². The summed E-state index contributed by atoms with van der Waals surface area (Å²) in [4.78, 5) is 11.8. The zero-order valence-electron chi connectivity index (χ0n) is 9.61. The van der Waals surface area contributed by atoms with Gasteiger partial charge in [0, 0.05) is 0 Å². The fourth-order valence-corrected chi connectivity index (χ4v) is 1.55. The second-order valence-corrected chi connectivity index (χ2v) is 5.12. The highest BCUT2D eigenvalue weighted by atomic mass is 16.6. The molecular weight excluding hydrogens is 198 g/mol. The fraction of sp³-hybridized carbons (Fsp3) is 0.900. The molecule has 0 amide bonds. The quantitative estimate of drug-likeness (QED) is 0.659. The number of aliphatic hydroxyl groups excluding tert-OH is 1. The van der Waals surface area contributed by atoms with E-state index in [1.54, 1.807) is 20.8 Å². The third-order valence-corrected chi connectivity index (χ3v) is 2.49. The predicted molar refractivity (Wildman–Crippen MR) is 52.0 cm³/mol. The summed E-state index contributed by atoms with van der Waals surface area (Å²) in [5, 5.41) is 21.2. The number of rotatable bonds is 1. The number of hydrogen-bond acceptors (Lipinski definition) is 4. The normalized spacial score (nSPS) is 33.1. The molecular formula is C10H18NO4. The van der Waals surface area contributed by atoms with Gasteiger partial charge < -0.3 is 9.84 Å². The average Bonchev–Trinajstić information content (AvgIpc) is 2.31. The van der Waals surface area contributed by atoms with Crippen LogP contribution in [-0.4, -0.2) is 33.5 Å². The minimum absolute atomic E-state index is 0.305. The van der Waals surface area contributed by atoms with Crippen molar-refractivity contribution in [3.63, 3.8) is 0 Å². The molecule has 0 spiro atoms. The largest absolute Gasteiger partial charge is 0.459 e. The number of hydrogen-bond donors (Lipinski definition) is 1. The average molecular weight is 216 g/mol. The molecule has 1 heterocycles. The molecule has 15 heavy (non-hydrogen) atoms. The van der Waals surface area contributed by atoms with Gasteiger partial charge >= 0.3 is 5.97 Å². The van der Waals surface area contributed by atoms with Gasteiger partial charge in [-0.05, 0) is 40.5 Å². The van der Waals surface area contributed by atoms with Crippen molar-refractivity contribution in [2.24, 2.45) is 0 Å². The van der Waals surface area contributed by atoms with E-state index in [1.807, 2.05) is 0 Å². The summed E-state index contributed by atoms with van der Waals surface area (Å²) in [6.45, 7) is 6.74. The predicted octanol–water partition coefficient (Wildman–Crippen LogP) is 0.846. The Morgan fingerprint density at radius 1 is 1.53 bits per heavy atom. The molecule has 0 aliphatic carbocycles. The maximum atomic E-state index is 11.8. The van der Waals surface area contributed by atoms with Crippen LogP contribution >= 0.6 is 0 Å². The highest BCUT2D eigenvalue weighted by Gasteiger charge is 2.50. The van der Waals surface area contributed by atoms with E-state index in [9.17, 15) is 15.1 Å². The van der Waals surface area contributed by atoms with Crippen LogP contribution in [0.1, 0.15) is 40.5 Å². The number of ether oxygens (including phenoxy) is 1. The Labute approximate surface area is 89.6 Å². The number of carbonyl (C=O) groups is 1. The highest BCUT2D eigenvalue weighted by molar-refractivity contribution is 5.80. The molecule has 2 unspecified atom stereocenters. The molecule has 0 bridgehead atoms. The Balaban J connectivity index is 2.75. The van der Waals surface area contributed by atoms with Crippen LogP contribution in [0.25, 0.3) is 0 Å². The molecule has 2 atom stereocenters. The number of hydroxylamine groups is 2. The van der Waals surface area contributed by atoms with E-state index >= 15 is 0 Å². The lowest BCUT2D eigenvalue weighted by molar-refractivity contribution is -0.270. The minimum Gasteiger partial charge on any atom is -0.459 e. The lowest BCUT2D eigenvalue weighted by Gasteiger charge is -2.31. The summed E-state index contributed by atoms with van der Waals surface area (Å²) in [6.07, 6.45) is -0.464. The molecule has 1 rings (SSSR count). The van der Waals surface area contributed by atoms with Gasteiger partial charge in [-0.3, -0.25) is 0 Å². The fourth-order valence-electron chi connectivity index (χ4n) is 1.55. The molecule has 0 aromatic carbocycles. The van der Waals surface area contributed by atoms with Crippen LogP contribution in [-0.2, 0) is 14.7 Å². The van der Waals surface area contributed by atoms with Crippen LogP contribution in [0.5, 0.6) is 0 Å². The van der Waals surface area contributed by atoms with Crippen molar-refractivity contribution in [1.29, 1.82) is 0 Å². The molecule has 0 aromatic heterocycles. The van der Waals surface area contributed by atoms with Gasteiger partial charge in [-0.1, -0.05) is 0 Å². The van der Waals surface area contributed by atoms with Crippen LogP contribution in [0.3, 0.4) is 0 Å². The van der Waals surface area contributed by atoms with E-state index in [4.69, 9.17) is 4.74 Å². The lowest BCUT2D eigenvalue weighted by Crippen LogP contribution is -2.50. The van der Waals surface area contributed by atoms with Crippen molar-refractivity contribution in [3.8, 4) is 0 Å². The van der Waals surface area contributed by atoms with Crippen molar-refractivity contribution in [2.75, 3.05) is 0 Å². The van der Waals surface area contributed by atoms with E-state index in [-0.39, 0.29) is 0 Å². The second-order valence-electron chi connectivity index (χ2n) is 5.12. The second kappa shape index (κ2) is 3.73. The monoisotopic (exact) mass is 216 g/mol. The Morgan fingerprint density at radius 3 is 2.40 bits per heavy atom. The standard InChI is InChI=1S/C10H18NO4/c1-9(2,3)15-8(13)10(4)6-5-7(12)11(10)14/h7,12H,5-6H2,1-4H3. The molecule has 5 heteroatoms. The molecule has 5 nitrogen and oxygen atoms in total. The summed E-state index contributed by atoms with van der Waals surface area (Å²) in [5.74, 6) is -0.568. The number of aliphatic hydroxyl groups is 1. The van der Waals surface area contributed by atoms with E-state index in [1.165, 1.54) is 6.92 Å². The SMILES string of the molecule is CC(C)(C)OC(=O)C1(C)CCC(O)N1[O]. The van der Waals surface area contributed by atoms with Gasteiger partial charge in [-0.15, -0.1) is 10.3 Å². The molecule has 87 valence electrons. The van der Waals surface area contributed by atoms with Crippen molar-refractivity contribution in [2.45, 2.75) is 57.9 Å². The number of carbonyl (C=O) groups excluding carboxylic acids is 1. The topological polar surface area (TPSA) is 69.7 Å². The summed E-state index contributed by atoms with van der Waals surface area (Å²) in [6, 6.07) is 0. The van der Waals surface area contributed by atoms with Gasteiger partial charge in [0.25, 0.3) is 0 Å². The Kier molecular flexibility index (Phi) is 3.09. The van der Waals surface area contributed by atoms with E-state index in [0.29, 0.717) is 17.9 Å². The first-order valence-corrected chi connectivity index (χ1v) is 5.05. The molecule has 1 radical (unpaired) electrons. The van der Waals surface area contributed by atoms with Crippen LogP contribution in [0.2, 0.25) is 0 Å². The van der Waals surface area contributed by atoms with Gasteiger partial charge in [0.05, 0.1) is 0 Å². The van der Waals surface area contributed by atoms with Gasteiger partial charge in [0.15, 0.2) is 0 Å². The van der Waals surface area contributed by atoms with Crippen LogP contribution in [0.15, 0.2) is 0 Å². The molecule has 0 saturated carbocycles. The van der Waals surface area contributed by atoms with E-state index in [0.717, 1.165) is 0 Å². The van der Waals surface area contributed by atoms with Crippen molar-refractivity contribution in [3.05, 3.63) is 0 Å². The van der Waals surface area contributed by atoms with Crippen LogP contribution < -0.4 is 0 Å². The third kappa shape index (κ3) is 2.48. The first-order valence-electron chi connectivity index (χ1n) is 5.05. The molecule has 1 fully saturated rings. The first-order chi connectivity index (χ1) is 6.67. The Bertz CT molecular complexity index is 261. The number of nitrogens with zero attached hydrogens (tertiary/aromatic N) is 1. The van der Waals surface area contributed by atoms with Crippen molar-refractivity contribution in [1.82, 2.24) is 5.06 Å². The molecule has 1 saturated heterocycles. The lowest BCUT2D eigenvalue weighted by atomic mass is 10.00. The summed E-state index contributed by atoms with van der Waals surface area (Å²) < 4.78 is 5.15. The first kappa shape index (κ1) is 12.4. The van der Waals surface area contributed by atoms with Crippen molar-refractivity contribution >= 4 is 5.97 Å². The highest BCUT2D eigenvalue weighted by Crippen LogP contribution is 2.33.